The molecule has 30 heavy (non-hydrogen) atoms. The van der Waals surface area contributed by atoms with Crippen LogP contribution in [0, 0.1) is 0 Å². The smallest absolute Gasteiger partial charge is 0.406 e. The highest BCUT2D eigenvalue weighted by molar-refractivity contribution is 5.91. The van der Waals surface area contributed by atoms with Gasteiger partial charge in [0.1, 0.15) is 5.75 Å². The summed E-state index contributed by atoms with van der Waals surface area (Å²) in [4.78, 5) is 13.8. The predicted octanol–water partition coefficient (Wildman–Crippen LogP) is 4.50. The van der Waals surface area contributed by atoms with Crippen LogP contribution >= 0.6 is 0 Å². The number of benzene rings is 2. The van der Waals surface area contributed by atoms with E-state index in [0.717, 1.165) is 11.1 Å². The zero-order valence-electron chi connectivity index (χ0n) is 16.2. The van der Waals surface area contributed by atoms with Crippen LogP contribution in [0.4, 0.5) is 13.2 Å². The first-order valence-electron chi connectivity index (χ1n) is 9.13. The molecule has 1 heterocycles. The van der Waals surface area contributed by atoms with Crippen LogP contribution in [0.15, 0.2) is 73.1 Å². The van der Waals surface area contributed by atoms with Crippen molar-refractivity contribution in [2.45, 2.75) is 19.5 Å². The highest BCUT2D eigenvalue weighted by Crippen LogP contribution is 2.23. The molecular weight excluding hydrogens is 395 g/mol. The number of carbonyl (C=O) groups is 1. The summed E-state index contributed by atoms with van der Waals surface area (Å²) < 4.78 is 42.2. The van der Waals surface area contributed by atoms with E-state index in [1.54, 1.807) is 13.2 Å². The van der Waals surface area contributed by atoms with Crippen molar-refractivity contribution >= 4 is 12.0 Å². The first-order chi connectivity index (χ1) is 14.3. The predicted molar refractivity (Wildman–Crippen MR) is 106 cm³/mol. The van der Waals surface area contributed by atoms with E-state index in [1.807, 2.05) is 41.2 Å². The molecule has 2 aromatic carbocycles. The van der Waals surface area contributed by atoms with Crippen LogP contribution in [-0.2, 0) is 17.9 Å². The second kappa shape index (κ2) is 9.30. The molecule has 1 amide bonds. The Hall–Kier alpha value is -3.55. The van der Waals surface area contributed by atoms with Crippen molar-refractivity contribution in [3.8, 4) is 5.75 Å². The van der Waals surface area contributed by atoms with Crippen LogP contribution in [0.5, 0.6) is 5.75 Å². The molecule has 0 fully saturated rings. The second-order valence-corrected chi connectivity index (χ2v) is 6.68. The van der Waals surface area contributed by atoms with E-state index in [9.17, 15) is 18.0 Å². The summed E-state index contributed by atoms with van der Waals surface area (Å²) >= 11 is 0. The fourth-order valence-corrected chi connectivity index (χ4v) is 2.77. The lowest BCUT2D eigenvalue weighted by atomic mass is 10.2. The fourth-order valence-electron chi connectivity index (χ4n) is 2.77. The topological polar surface area (TPSA) is 47.4 Å². The summed E-state index contributed by atoms with van der Waals surface area (Å²) in [6, 6.07) is 15.2. The summed E-state index contributed by atoms with van der Waals surface area (Å²) in [7, 11) is 1.67. The summed E-state index contributed by atoms with van der Waals surface area (Å²) in [5, 5.41) is 4.32. The van der Waals surface area contributed by atoms with Crippen molar-refractivity contribution in [1.82, 2.24) is 14.7 Å². The Labute approximate surface area is 172 Å². The Balaban J connectivity index is 1.53. The van der Waals surface area contributed by atoms with Gasteiger partial charge in [0.25, 0.3) is 0 Å². The molecule has 0 N–H and O–H groups in total. The maximum Gasteiger partial charge on any atom is 0.573 e. The number of hydrogen-bond donors (Lipinski definition) is 0. The van der Waals surface area contributed by atoms with Crippen LogP contribution in [-0.4, -0.2) is 34.0 Å². The first-order valence-corrected chi connectivity index (χ1v) is 9.13. The Bertz CT molecular complexity index is 996. The summed E-state index contributed by atoms with van der Waals surface area (Å²) in [5.74, 6) is -0.544. The molecule has 0 atom stereocenters. The zero-order valence-corrected chi connectivity index (χ0v) is 16.2. The zero-order chi connectivity index (χ0) is 21.6. The van der Waals surface area contributed by atoms with E-state index in [1.165, 1.54) is 41.3 Å². The van der Waals surface area contributed by atoms with Crippen molar-refractivity contribution in [1.29, 1.82) is 0 Å². The average molecular weight is 415 g/mol. The van der Waals surface area contributed by atoms with E-state index in [0.29, 0.717) is 18.7 Å². The van der Waals surface area contributed by atoms with Crippen molar-refractivity contribution in [2.75, 3.05) is 7.05 Å². The maximum atomic E-state index is 12.3. The van der Waals surface area contributed by atoms with Gasteiger partial charge in [-0.1, -0.05) is 42.5 Å². The highest BCUT2D eigenvalue weighted by atomic mass is 19.4. The van der Waals surface area contributed by atoms with Crippen molar-refractivity contribution in [3.05, 3.63) is 89.8 Å². The number of alkyl halides is 3. The average Bonchev–Trinajstić information content (AvgIpc) is 3.13. The third-order valence-corrected chi connectivity index (χ3v) is 4.20. The quantitative estimate of drug-likeness (QED) is 0.534. The van der Waals surface area contributed by atoms with Gasteiger partial charge >= 0.3 is 6.36 Å². The van der Waals surface area contributed by atoms with Gasteiger partial charge in [-0.3, -0.25) is 9.48 Å². The first kappa shape index (κ1) is 21.2. The fraction of sp³-hybridized carbons (Fsp3) is 0.182. The summed E-state index contributed by atoms with van der Waals surface area (Å²) in [6.45, 7) is 1.03. The Morgan fingerprint density at radius 3 is 2.47 bits per heavy atom. The number of aromatic nitrogens is 2. The minimum atomic E-state index is -4.73. The molecule has 156 valence electrons. The lowest BCUT2D eigenvalue weighted by Crippen LogP contribution is -2.23. The van der Waals surface area contributed by atoms with Gasteiger partial charge in [0.15, 0.2) is 0 Å². The van der Waals surface area contributed by atoms with E-state index in [2.05, 4.69) is 9.84 Å². The largest absolute Gasteiger partial charge is 0.573 e. The number of likely N-dealkylation sites (N-methyl/N-ethyl adjacent to an activating group) is 1. The Morgan fingerprint density at radius 2 is 1.80 bits per heavy atom. The molecular formula is C22H20F3N3O2. The third kappa shape index (κ3) is 6.51. The highest BCUT2D eigenvalue weighted by Gasteiger charge is 2.30. The number of rotatable bonds is 7. The van der Waals surface area contributed by atoms with Gasteiger partial charge in [-0.25, -0.2) is 0 Å². The van der Waals surface area contributed by atoms with Crippen LogP contribution in [0.3, 0.4) is 0 Å². The van der Waals surface area contributed by atoms with Crippen molar-refractivity contribution in [2.24, 2.45) is 0 Å². The molecule has 0 unspecified atom stereocenters. The number of amides is 1. The lowest BCUT2D eigenvalue weighted by molar-refractivity contribution is -0.274. The standard InChI is InChI=1S/C22H20F3N3O2/c1-27(14-19-13-26-28(16-19)15-18-5-3-2-4-6-18)21(29)12-9-17-7-10-20(11-8-17)30-22(23,24)25/h2-13,16H,14-15H2,1H3/b12-9+. The van der Waals surface area contributed by atoms with Crippen LogP contribution < -0.4 is 4.74 Å². The van der Waals surface area contributed by atoms with Crippen molar-refractivity contribution in [3.63, 3.8) is 0 Å². The number of halogens is 3. The number of carbonyl (C=O) groups excluding carboxylic acids is 1. The Morgan fingerprint density at radius 1 is 1.10 bits per heavy atom. The molecule has 0 saturated heterocycles. The molecule has 8 heteroatoms. The molecule has 0 aliphatic heterocycles. The van der Waals surface area contributed by atoms with E-state index in [-0.39, 0.29) is 11.7 Å². The molecule has 0 radical (unpaired) electrons. The third-order valence-electron chi connectivity index (χ3n) is 4.20. The van der Waals surface area contributed by atoms with Gasteiger partial charge in [0, 0.05) is 31.4 Å². The summed E-state index contributed by atoms with van der Waals surface area (Å²) in [6.07, 6.45) is 1.78. The molecule has 0 aliphatic carbocycles. The summed E-state index contributed by atoms with van der Waals surface area (Å²) in [5.41, 5.74) is 2.61. The van der Waals surface area contributed by atoms with Gasteiger partial charge in [-0.05, 0) is 29.3 Å². The van der Waals surface area contributed by atoms with Gasteiger partial charge in [-0.2, -0.15) is 5.10 Å². The van der Waals surface area contributed by atoms with Gasteiger partial charge < -0.3 is 9.64 Å². The normalized spacial score (nSPS) is 11.6. The molecule has 3 aromatic rings. The van der Waals surface area contributed by atoms with Crippen molar-refractivity contribution < 1.29 is 22.7 Å². The minimum absolute atomic E-state index is 0.235. The number of ether oxygens (including phenoxy) is 1. The van der Waals surface area contributed by atoms with Gasteiger partial charge in [-0.15, -0.1) is 13.2 Å². The molecule has 0 spiro atoms. The molecule has 0 saturated carbocycles. The van der Waals surface area contributed by atoms with Crippen LogP contribution in [0.2, 0.25) is 0 Å². The molecule has 0 aliphatic rings. The molecule has 3 rings (SSSR count). The van der Waals surface area contributed by atoms with Crippen LogP contribution in [0.25, 0.3) is 6.08 Å². The Kier molecular flexibility index (Phi) is 6.56. The molecule has 1 aromatic heterocycles. The lowest BCUT2D eigenvalue weighted by Gasteiger charge is -2.13. The number of nitrogens with zero attached hydrogens (tertiary/aromatic N) is 3. The van der Waals surface area contributed by atoms with Gasteiger partial charge in [0.2, 0.25) is 5.91 Å². The minimum Gasteiger partial charge on any atom is -0.406 e. The molecule has 5 nitrogen and oxygen atoms in total. The maximum absolute atomic E-state index is 12.3. The van der Waals surface area contributed by atoms with E-state index >= 15 is 0 Å². The van der Waals surface area contributed by atoms with Gasteiger partial charge in [0.05, 0.1) is 12.7 Å². The monoisotopic (exact) mass is 415 g/mol. The number of hydrogen-bond acceptors (Lipinski definition) is 3. The molecule has 0 bridgehead atoms. The van der Waals surface area contributed by atoms with Crippen LogP contribution in [0.1, 0.15) is 16.7 Å². The van der Waals surface area contributed by atoms with E-state index in [4.69, 9.17) is 0 Å². The SMILES string of the molecule is CN(Cc1cnn(Cc2ccccc2)c1)C(=O)/C=C/c1ccc(OC(F)(F)F)cc1. The second-order valence-electron chi connectivity index (χ2n) is 6.68. The van der Waals surface area contributed by atoms with E-state index < -0.39 is 6.36 Å².